The number of hydrogen-bond acceptors (Lipinski definition) is 4. The lowest BCUT2D eigenvalue weighted by atomic mass is 10.1. The highest BCUT2D eigenvalue weighted by atomic mass is 32.2. The van der Waals surface area contributed by atoms with Crippen LogP contribution in [-0.4, -0.2) is 11.2 Å². The largest absolute Gasteiger partial charge is 0.460 e. The Morgan fingerprint density at radius 2 is 1.91 bits per heavy atom. The highest BCUT2D eigenvalue weighted by Gasteiger charge is 2.16. The van der Waals surface area contributed by atoms with Crippen molar-refractivity contribution in [3.05, 3.63) is 65.2 Å². The number of esters is 1. The summed E-state index contributed by atoms with van der Waals surface area (Å²) in [5.74, 6) is -0.279. The van der Waals surface area contributed by atoms with Crippen molar-refractivity contribution in [1.82, 2.24) is 0 Å². The van der Waals surface area contributed by atoms with E-state index in [1.54, 1.807) is 18.2 Å². The molecule has 0 aliphatic rings. The van der Waals surface area contributed by atoms with E-state index in [9.17, 15) is 4.79 Å². The number of benzene rings is 2. The van der Waals surface area contributed by atoms with E-state index in [0.29, 0.717) is 5.56 Å². The van der Waals surface area contributed by atoms with Crippen LogP contribution in [0.15, 0.2) is 53.4 Å². The van der Waals surface area contributed by atoms with E-state index in [1.165, 1.54) is 17.3 Å². The molecule has 0 amide bonds. The van der Waals surface area contributed by atoms with Crippen LogP contribution in [0.3, 0.4) is 0 Å². The second kappa shape index (κ2) is 7.67. The Balaban J connectivity index is 1.91. The minimum Gasteiger partial charge on any atom is -0.460 e. The van der Waals surface area contributed by atoms with Gasteiger partial charge in [0, 0.05) is 10.5 Å². The van der Waals surface area contributed by atoms with Gasteiger partial charge in [-0.05, 0) is 32.0 Å². The Kier molecular flexibility index (Phi) is 5.62. The maximum absolute atomic E-state index is 12.1. The Labute approximate surface area is 134 Å². The molecule has 0 aromatic heterocycles. The third-order valence-corrected chi connectivity index (χ3v) is 4.26. The zero-order valence-corrected chi connectivity index (χ0v) is 13.4. The smallest absolute Gasteiger partial charge is 0.319 e. The van der Waals surface area contributed by atoms with Crippen LogP contribution in [0.2, 0.25) is 0 Å². The first-order chi connectivity index (χ1) is 10.6. The molecule has 0 bridgehead atoms. The molecule has 0 radical (unpaired) electrons. The summed E-state index contributed by atoms with van der Waals surface area (Å²) in [5, 5.41) is 8.72. The third kappa shape index (κ3) is 4.37. The van der Waals surface area contributed by atoms with Gasteiger partial charge in [-0.2, -0.15) is 5.26 Å². The van der Waals surface area contributed by atoms with Gasteiger partial charge in [-0.1, -0.05) is 35.9 Å². The molecule has 1 atom stereocenters. The van der Waals surface area contributed by atoms with Gasteiger partial charge in [0.2, 0.25) is 0 Å². The average Bonchev–Trinajstić information content (AvgIpc) is 2.54. The van der Waals surface area contributed by atoms with Crippen LogP contribution in [-0.2, 0) is 16.1 Å². The third-order valence-electron chi connectivity index (χ3n) is 3.17. The molecule has 2 aromatic carbocycles. The fourth-order valence-corrected chi connectivity index (χ4v) is 2.76. The normalized spacial score (nSPS) is 11.5. The molecule has 0 fully saturated rings. The topological polar surface area (TPSA) is 50.1 Å². The van der Waals surface area contributed by atoms with Crippen LogP contribution in [0.1, 0.15) is 23.6 Å². The number of carbonyl (C=O) groups excluding carboxylic acids is 1. The number of thioether (sulfide) groups is 1. The molecular formula is C18H17NO2S. The Morgan fingerprint density at radius 3 is 2.59 bits per heavy atom. The molecule has 0 aliphatic heterocycles. The maximum atomic E-state index is 12.1. The van der Waals surface area contributed by atoms with Gasteiger partial charge < -0.3 is 4.74 Å². The summed E-state index contributed by atoms with van der Waals surface area (Å²) in [4.78, 5) is 13.1. The number of hydrogen-bond donors (Lipinski definition) is 0. The van der Waals surface area contributed by atoms with Crippen LogP contribution in [0.5, 0.6) is 0 Å². The van der Waals surface area contributed by atoms with E-state index in [2.05, 4.69) is 6.07 Å². The van der Waals surface area contributed by atoms with E-state index < -0.39 is 0 Å². The summed E-state index contributed by atoms with van der Waals surface area (Å²) in [6.07, 6.45) is 0. The van der Waals surface area contributed by atoms with Gasteiger partial charge in [0.15, 0.2) is 0 Å². The summed E-state index contributed by atoms with van der Waals surface area (Å²) in [6.45, 7) is 3.98. The standard InChI is InChI=1S/C18H17NO2S/c1-13-7-9-17(10-8-13)22-14(2)18(20)21-12-16-6-4-3-5-15(16)11-19/h3-10,14H,12H2,1-2H3/t14-/m1/s1. The van der Waals surface area contributed by atoms with Gasteiger partial charge in [-0.3, -0.25) is 4.79 Å². The zero-order valence-electron chi connectivity index (χ0n) is 12.6. The van der Waals surface area contributed by atoms with Crippen molar-refractivity contribution in [2.24, 2.45) is 0 Å². The predicted octanol–water partition coefficient (Wildman–Crippen LogP) is 4.09. The van der Waals surface area contributed by atoms with Gasteiger partial charge in [0.1, 0.15) is 11.9 Å². The quantitative estimate of drug-likeness (QED) is 0.616. The molecule has 0 heterocycles. The highest BCUT2D eigenvalue weighted by molar-refractivity contribution is 8.00. The van der Waals surface area contributed by atoms with Crippen LogP contribution in [0, 0.1) is 18.3 Å². The molecule has 0 N–H and O–H groups in total. The van der Waals surface area contributed by atoms with Crippen molar-refractivity contribution in [2.45, 2.75) is 30.6 Å². The molecule has 3 nitrogen and oxygen atoms in total. The Hall–Kier alpha value is -2.25. The number of ether oxygens (including phenoxy) is 1. The molecule has 0 spiro atoms. The van der Waals surface area contributed by atoms with Crippen molar-refractivity contribution in [2.75, 3.05) is 0 Å². The summed E-state index contributed by atoms with van der Waals surface area (Å²) < 4.78 is 5.32. The molecule has 4 heteroatoms. The minimum absolute atomic E-state index is 0.126. The lowest BCUT2D eigenvalue weighted by Crippen LogP contribution is -2.17. The molecule has 0 aliphatic carbocycles. The molecule has 112 valence electrons. The molecule has 0 unspecified atom stereocenters. The monoisotopic (exact) mass is 311 g/mol. The van der Waals surface area contributed by atoms with Gasteiger partial charge in [-0.25, -0.2) is 0 Å². The zero-order chi connectivity index (χ0) is 15.9. The number of aryl methyl sites for hydroxylation is 1. The van der Waals surface area contributed by atoms with E-state index >= 15 is 0 Å². The molecule has 22 heavy (non-hydrogen) atoms. The van der Waals surface area contributed by atoms with Crippen LogP contribution in [0.4, 0.5) is 0 Å². The Morgan fingerprint density at radius 1 is 1.23 bits per heavy atom. The van der Waals surface area contributed by atoms with E-state index in [-0.39, 0.29) is 17.8 Å². The maximum Gasteiger partial charge on any atom is 0.319 e. The lowest BCUT2D eigenvalue weighted by Gasteiger charge is -2.12. The summed E-state index contributed by atoms with van der Waals surface area (Å²) in [5.41, 5.74) is 2.45. The van der Waals surface area contributed by atoms with Crippen molar-refractivity contribution in [3.8, 4) is 6.07 Å². The summed E-state index contributed by atoms with van der Waals surface area (Å²) >= 11 is 1.47. The van der Waals surface area contributed by atoms with Crippen molar-refractivity contribution in [3.63, 3.8) is 0 Å². The number of carbonyl (C=O) groups is 1. The Bertz CT molecular complexity index is 689. The first-order valence-electron chi connectivity index (χ1n) is 6.98. The molecule has 0 saturated heterocycles. The number of rotatable bonds is 5. The molecule has 2 rings (SSSR count). The van der Waals surface area contributed by atoms with E-state index in [0.717, 1.165) is 10.5 Å². The average molecular weight is 311 g/mol. The predicted molar refractivity (Wildman–Crippen MR) is 87.5 cm³/mol. The SMILES string of the molecule is Cc1ccc(S[C@H](C)C(=O)OCc2ccccc2C#N)cc1. The van der Waals surface area contributed by atoms with E-state index in [1.807, 2.05) is 44.2 Å². The molecule has 2 aromatic rings. The molecular weight excluding hydrogens is 294 g/mol. The van der Waals surface area contributed by atoms with E-state index in [4.69, 9.17) is 10.00 Å². The fraction of sp³-hybridized carbons (Fsp3) is 0.222. The summed E-state index contributed by atoms with van der Waals surface area (Å²) in [7, 11) is 0. The van der Waals surface area contributed by atoms with Crippen molar-refractivity contribution < 1.29 is 9.53 Å². The van der Waals surface area contributed by atoms with Crippen LogP contribution < -0.4 is 0 Å². The van der Waals surface area contributed by atoms with Crippen molar-refractivity contribution >= 4 is 17.7 Å². The second-order valence-electron chi connectivity index (χ2n) is 4.95. The number of nitriles is 1. The molecule has 0 saturated carbocycles. The summed E-state index contributed by atoms with van der Waals surface area (Å²) in [6, 6.07) is 17.3. The first kappa shape index (κ1) is 16.1. The fourth-order valence-electron chi connectivity index (χ4n) is 1.89. The second-order valence-corrected chi connectivity index (χ2v) is 6.36. The van der Waals surface area contributed by atoms with Gasteiger partial charge in [0.05, 0.1) is 11.6 Å². The van der Waals surface area contributed by atoms with Gasteiger partial charge in [0.25, 0.3) is 0 Å². The van der Waals surface area contributed by atoms with Crippen LogP contribution in [0.25, 0.3) is 0 Å². The van der Waals surface area contributed by atoms with Crippen molar-refractivity contribution in [1.29, 1.82) is 5.26 Å². The van der Waals surface area contributed by atoms with Gasteiger partial charge >= 0.3 is 5.97 Å². The first-order valence-corrected chi connectivity index (χ1v) is 7.86. The highest BCUT2D eigenvalue weighted by Crippen LogP contribution is 2.24. The minimum atomic E-state index is -0.294. The van der Waals surface area contributed by atoms with Crippen LogP contribution >= 0.6 is 11.8 Å². The lowest BCUT2D eigenvalue weighted by molar-refractivity contribution is -0.143. The van der Waals surface area contributed by atoms with Gasteiger partial charge in [-0.15, -0.1) is 11.8 Å². The number of nitrogens with zero attached hydrogens (tertiary/aromatic N) is 1.